The van der Waals surface area contributed by atoms with Crippen LogP contribution in [0, 0.1) is 0 Å². The first-order chi connectivity index (χ1) is 6.84. The van der Waals surface area contributed by atoms with Crippen molar-refractivity contribution in [2.24, 2.45) is 0 Å². The standard InChI is InChI=1S/C10H14ClNOS/c11-10-2-1-9(13-10)7-12-8-3-5-14-6-4-8/h1-2,8,12H,3-7H2. The van der Waals surface area contributed by atoms with Gasteiger partial charge in [0.15, 0.2) is 5.22 Å². The van der Waals surface area contributed by atoms with Crippen molar-refractivity contribution in [3.63, 3.8) is 0 Å². The minimum Gasteiger partial charge on any atom is -0.448 e. The summed E-state index contributed by atoms with van der Waals surface area (Å²) in [6.45, 7) is 0.794. The highest BCUT2D eigenvalue weighted by atomic mass is 35.5. The van der Waals surface area contributed by atoms with Crippen LogP contribution in [0.15, 0.2) is 16.5 Å². The summed E-state index contributed by atoms with van der Waals surface area (Å²) in [5.41, 5.74) is 0. The number of halogens is 1. The van der Waals surface area contributed by atoms with Crippen LogP contribution in [0.4, 0.5) is 0 Å². The Bertz CT molecular complexity index is 283. The molecule has 1 aromatic heterocycles. The predicted molar refractivity (Wildman–Crippen MR) is 60.9 cm³/mol. The molecule has 0 aromatic carbocycles. The minimum absolute atomic E-state index is 0.473. The molecule has 1 aliphatic heterocycles. The van der Waals surface area contributed by atoms with Gasteiger partial charge >= 0.3 is 0 Å². The average molecular weight is 232 g/mol. The van der Waals surface area contributed by atoms with Crippen molar-refractivity contribution in [2.45, 2.75) is 25.4 Å². The van der Waals surface area contributed by atoms with Crippen molar-refractivity contribution in [1.29, 1.82) is 0 Å². The maximum Gasteiger partial charge on any atom is 0.193 e. The van der Waals surface area contributed by atoms with Crippen LogP contribution in [0.1, 0.15) is 18.6 Å². The Morgan fingerprint density at radius 3 is 2.86 bits per heavy atom. The molecule has 1 N–H and O–H groups in total. The smallest absolute Gasteiger partial charge is 0.193 e. The summed E-state index contributed by atoms with van der Waals surface area (Å²) < 4.78 is 5.27. The average Bonchev–Trinajstić information content (AvgIpc) is 2.63. The van der Waals surface area contributed by atoms with Crippen LogP contribution >= 0.6 is 23.4 Å². The Labute approximate surface area is 93.4 Å². The van der Waals surface area contributed by atoms with E-state index in [4.69, 9.17) is 16.0 Å². The van der Waals surface area contributed by atoms with Gasteiger partial charge in [-0.15, -0.1) is 0 Å². The first-order valence-electron chi connectivity index (χ1n) is 4.90. The summed E-state index contributed by atoms with van der Waals surface area (Å²) in [6, 6.07) is 4.36. The van der Waals surface area contributed by atoms with Crippen LogP contribution < -0.4 is 5.32 Å². The van der Waals surface area contributed by atoms with Crippen LogP contribution in [0.2, 0.25) is 5.22 Å². The number of hydrogen-bond acceptors (Lipinski definition) is 3. The lowest BCUT2D eigenvalue weighted by Gasteiger charge is -2.21. The van der Waals surface area contributed by atoms with E-state index in [1.165, 1.54) is 24.3 Å². The molecule has 2 nitrogen and oxygen atoms in total. The molecule has 2 rings (SSSR count). The van der Waals surface area contributed by atoms with Gasteiger partial charge in [0.1, 0.15) is 5.76 Å². The first kappa shape index (κ1) is 10.4. The first-order valence-corrected chi connectivity index (χ1v) is 6.43. The molecule has 1 aromatic rings. The molecule has 1 saturated heterocycles. The highest BCUT2D eigenvalue weighted by Crippen LogP contribution is 2.18. The van der Waals surface area contributed by atoms with Crippen LogP contribution in [0.3, 0.4) is 0 Å². The third kappa shape index (κ3) is 2.94. The number of nitrogens with one attached hydrogen (secondary N) is 1. The molecule has 0 unspecified atom stereocenters. The van der Waals surface area contributed by atoms with Crippen LogP contribution in [0.5, 0.6) is 0 Å². The maximum atomic E-state index is 5.68. The molecule has 0 aliphatic carbocycles. The van der Waals surface area contributed by atoms with E-state index in [0.717, 1.165) is 12.3 Å². The van der Waals surface area contributed by atoms with Crippen molar-refractivity contribution < 1.29 is 4.42 Å². The van der Waals surface area contributed by atoms with Gasteiger partial charge in [0.25, 0.3) is 0 Å². The van der Waals surface area contributed by atoms with Gasteiger partial charge in [-0.3, -0.25) is 0 Å². The number of hydrogen-bond donors (Lipinski definition) is 1. The molecule has 0 atom stereocenters. The molecule has 78 valence electrons. The van der Waals surface area contributed by atoms with E-state index in [-0.39, 0.29) is 0 Å². The Morgan fingerprint density at radius 1 is 1.43 bits per heavy atom. The Balaban J connectivity index is 1.76. The van der Waals surface area contributed by atoms with Gasteiger partial charge in [-0.2, -0.15) is 11.8 Å². The molecule has 2 heterocycles. The molecular weight excluding hydrogens is 218 g/mol. The predicted octanol–water partition coefficient (Wildman–Crippen LogP) is 2.92. The molecule has 1 fully saturated rings. The minimum atomic E-state index is 0.473. The zero-order valence-electron chi connectivity index (χ0n) is 7.96. The zero-order chi connectivity index (χ0) is 9.80. The number of furan rings is 1. The molecule has 0 saturated carbocycles. The molecule has 0 radical (unpaired) electrons. The lowest BCUT2D eigenvalue weighted by atomic mass is 10.1. The molecule has 14 heavy (non-hydrogen) atoms. The summed E-state index contributed by atoms with van der Waals surface area (Å²) in [5.74, 6) is 3.47. The van der Waals surface area contributed by atoms with Gasteiger partial charge in [-0.1, -0.05) is 0 Å². The highest BCUT2D eigenvalue weighted by molar-refractivity contribution is 7.99. The van der Waals surface area contributed by atoms with Crippen molar-refractivity contribution in [2.75, 3.05) is 11.5 Å². The summed E-state index contributed by atoms with van der Waals surface area (Å²) in [6.07, 6.45) is 2.53. The van der Waals surface area contributed by atoms with E-state index < -0.39 is 0 Å². The summed E-state index contributed by atoms with van der Waals surface area (Å²) >= 11 is 7.72. The van der Waals surface area contributed by atoms with E-state index in [0.29, 0.717) is 11.3 Å². The van der Waals surface area contributed by atoms with E-state index in [1.54, 1.807) is 6.07 Å². The molecular formula is C10H14ClNOS. The molecule has 0 amide bonds. The SMILES string of the molecule is Clc1ccc(CNC2CCSCC2)o1. The monoisotopic (exact) mass is 231 g/mol. The fraction of sp³-hybridized carbons (Fsp3) is 0.600. The van der Waals surface area contributed by atoms with Crippen molar-refractivity contribution >= 4 is 23.4 Å². The Kier molecular flexibility index (Phi) is 3.79. The lowest BCUT2D eigenvalue weighted by Crippen LogP contribution is -2.31. The third-order valence-corrected chi connectivity index (χ3v) is 3.67. The zero-order valence-corrected chi connectivity index (χ0v) is 9.53. The van der Waals surface area contributed by atoms with E-state index in [9.17, 15) is 0 Å². The second kappa shape index (κ2) is 5.10. The van der Waals surface area contributed by atoms with E-state index in [1.807, 2.05) is 17.8 Å². The van der Waals surface area contributed by atoms with Gasteiger partial charge in [-0.05, 0) is 48.1 Å². The maximum absolute atomic E-state index is 5.68. The Hall–Kier alpha value is -0.120. The van der Waals surface area contributed by atoms with Crippen LogP contribution in [-0.2, 0) is 6.54 Å². The second-order valence-electron chi connectivity index (χ2n) is 3.47. The fourth-order valence-electron chi connectivity index (χ4n) is 1.59. The van der Waals surface area contributed by atoms with Gasteiger partial charge < -0.3 is 9.73 Å². The molecule has 0 spiro atoms. The van der Waals surface area contributed by atoms with Gasteiger partial charge in [-0.25, -0.2) is 0 Å². The van der Waals surface area contributed by atoms with Crippen molar-refractivity contribution in [3.05, 3.63) is 23.1 Å². The summed E-state index contributed by atoms with van der Waals surface area (Å²) in [5, 5.41) is 3.96. The van der Waals surface area contributed by atoms with Crippen LogP contribution in [-0.4, -0.2) is 17.5 Å². The van der Waals surface area contributed by atoms with Gasteiger partial charge in [0, 0.05) is 6.04 Å². The van der Waals surface area contributed by atoms with Gasteiger partial charge in [0.2, 0.25) is 0 Å². The molecule has 1 aliphatic rings. The quantitative estimate of drug-likeness (QED) is 0.866. The largest absolute Gasteiger partial charge is 0.448 e. The Morgan fingerprint density at radius 2 is 2.21 bits per heavy atom. The normalized spacial score (nSPS) is 18.6. The van der Waals surface area contributed by atoms with Crippen LogP contribution in [0.25, 0.3) is 0 Å². The summed E-state index contributed by atoms with van der Waals surface area (Å²) in [7, 11) is 0. The van der Waals surface area contributed by atoms with E-state index in [2.05, 4.69) is 5.32 Å². The number of rotatable bonds is 3. The molecule has 4 heteroatoms. The van der Waals surface area contributed by atoms with E-state index >= 15 is 0 Å². The van der Waals surface area contributed by atoms with Gasteiger partial charge in [0.05, 0.1) is 6.54 Å². The lowest BCUT2D eigenvalue weighted by molar-refractivity contribution is 0.429. The van der Waals surface area contributed by atoms with Crippen molar-refractivity contribution in [3.8, 4) is 0 Å². The topological polar surface area (TPSA) is 25.2 Å². The second-order valence-corrected chi connectivity index (χ2v) is 5.07. The fourth-order valence-corrected chi connectivity index (χ4v) is 2.86. The number of thioether (sulfide) groups is 1. The molecule has 0 bridgehead atoms. The third-order valence-electron chi connectivity index (χ3n) is 2.42. The van der Waals surface area contributed by atoms with Crippen molar-refractivity contribution in [1.82, 2.24) is 5.32 Å². The highest BCUT2D eigenvalue weighted by Gasteiger charge is 2.13. The summed E-state index contributed by atoms with van der Waals surface area (Å²) in [4.78, 5) is 0.